The molecule has 0 radical (unpaired) electrons. The Balaban J connectivity index is 2.14. The van der Waals surface area contributed by atoms with Crippen molar-refractivity contribution in [2.24, 2.45) is 23.5 Å². The molecule has 1 aliphatic rings. The monoisotopic (exact) mass is 240 g/mol. The van der Waals surface area contributed by atoms with Crippen LogP contribution in [0.5, 0.6) is 0 Å². The van der Waals surface area contributed by atoms with Gasteiger partial charge in [0.2, 0.25) is 0 Å². The van der Waals surface area contributed by atoms with Crippen molar-refractivity contribution in [3.63, 3.8) is 0 Å². The predicted octanol–water partition coefficient (Wildman–Crippen LogP) is 3.12. The van der Waals surface area contributed by atoms with Crippen molar-refractivity contribution in [1.82, 2.24) is 4.90 Å². The van der Waals surface area contributed by atoms with Crippen LogP contribution in [0.1, 0.15) is 52.9 Å². The summed E-state index contributed by atoms with van der Waals surface area (Å²) in [6.45, 7) is 11.9. The number of rotatable bonds is 7. The Kier molecular flexibility index (Phi) is 7.14. The lowest BCUT2D eigenvalue weighted by Crippen LogP contribution is -2.38. The summed E-state index contributed by atoms with van der Waals surface area (Å²) in [4.78, 5) is 2.67. The quantitative estimate of drug-likeness (QED) is 0.741. The summed E-state index contributed by atoms with van der Waals surface area (Å²) in [5, 5.41) is 0. The molecule has 2 N–H and O–H groups in total. The van der Waals surface area contributed by atoms with Gasteiger partial charge in [-0.2, -0.15) is 0 Å². The zero-order chi connectivity index (χ0) is 12.7. The van der Waals surface area contributed by atoms with Gasteiger partial charge < -0.3 is 10.6 Å². The van der Waals surface area contributed by atoms with Gasteiger partial charge in [0.25, 0.3) is 0 Å². The van der Waals surface area contributed by atoms with E-state index in [1.165, 1.54) is 51.7 Å². The van der Waals surface area contributed by atoms with Crippen molar-refractivity contribution in [2.75, 3.05) is 26.2 Å². The van der Waals surface area contributed by atoms with Crippen LogP contribution in [0.15, 0.2) is 0 Å². The van der Waals surface area contributed by atoms with Gasteiger partial charge in [-0.3, -0.25) is 0 Å². The first-order valence-corrected chi connectivity index (χ1v) is 7.59. The summed E-state index contributed by atoms with van der Waals surface area (Å²) < 4.78 is 0. The van der Waals surface area contributed by atoms with Crippen LogP contribution in [0.2, 0.25) is 0 Å². The molecule has 0 bridgehead atoms. The fourth-order valence-corrected chi connectivity index (χ4v) is 2.94. The Labute approximate surface area is 108 Å². The van der Waals surface area contributed by atoms with E-state index in [4.69, 9.17) is 5.73 Å². The summed E-state index contributed by atoms with van der Waals surface area (Å²) in [5.41, 5.74) is 5.64. The van der Waals surface area contributed by atoms with Gasteiger partial charge in [0.05, 0.1) is 0 Å². The molecular formula is C15H32N2. The molecule has 0 aromatic rings. The first kappa shape index (κ1) is 15.0. The van der Waals surface area contributed by atoms with Crippen molar-refractivity contribution in [3.05, 3.63) is 0 Å². The summed E-state index contributed by atoms with van der Waals surface area (Å²) in [6.07, 6.45) is 6.63. The summed E-state index contributed by atoms with van der Waals surface area (Å²) in [6, 6.07) is 0. The smallest absolute Gasteiger partial charge is 0.000957 e. The highest BCUT2D eigenvalue weighted by molar-refractivity contribution is 4.75. The van der Waals surface area contributed by atoms with Crippen molar-refractivity contribution in [3.8, 4) is 0 Å². The molecule has 0 aliphatic carbocycles. The number of likely N-dealkylation sites (tertiary alicyclic amines) is 1. The summed E-state index contributed by atoms with van der Waals surface area (Å²) in [7, 11) is 0. The van der Waals surface area contributed by atoms with Crippen molar-refractivity contribution >= 4 is 0 Å². The Morgan fingerprint density at radius 3 is 2.59 bits per heavy atom. The van der Waals surface area contributed by atoms with Gasteiger partial charge in [-0.15, -0.1) is 0 Å². The average Bonchev–Trinajstić information content (AvgIpc) is 2.32. The minimum Gasteiger partial charge on any atom is -0.330 e. The van der Waals surface area contributed by atoms with Gasteiger partial charge in [0.1, 0.15) is 0 Å². The molecule has 3 unspecified atom stereocenters. The van der Waals surface area contributed by atoms with Gasteiger partial charge in [-0.05, 0) is 63.1 Å². The standard InChI is InChI=1S/C15H32N2/c1-4-15(7-9-16)6-5-10-17-11-8-13(2)14(3)12-17/h13-15H,4-12,16H2,1-3H3. The third kappa shape index (κ3) is 5.39. The normalized spacial score (nSPS) is 28.2. The molecule has 0 aromatic heterocycles. The summed E-state index contributed by atoms with van der Waals surface area (Å²) >= 11 is 0. The SMILES string of the molecule is CCC(CCN)CCCN1CCC(C)C(C)C1. The van der Waals surface area contributed by atoms with Crippen LogP contribution in [-0.2, 0) is 0 Å². The highest BCUT2D eigenvalue weighted by Gasteiger charge is 2.22. The van der Waals surface area contributed by atoms with Gasteiger partial charge in [0, 0.05) is 6.54 Å². The Morgan fingerprint density at radius 1 is 1.24 bits per heavy atom. The van der Waals surface area contributed by atoms with E-state index in [0.29, 0.717) is 0 Å². The zero-order valence-corrected chi connectivity index (χ0v) is 12.1. The molecule has 0 saturated carbocycles. The number of hydrogen-bond acceptors (Lipinski definition) is 2. The van der Waals surface area contributed by atoms with Crippen LogP contribution in [0.3, 0.4) is 0 Å². The highest BCUT2D eigenvalue weighted by Crippen LogP contribution is 2.23. The van der Waals surface area contributed by atoms with Crippen LogP contribution >= 0.6 is 0 Å². The third-order valence-electron chi connectivity index (χ3n) is 4.66. The van der Waals surface area contributed by atoms with Gasteiger partial charge >= 0.3 is 0 Å². The molecule has 1 heterocycles. The van der Waals surface area contributed by atoms with Crippen LogP contribution in [0.25, 0.3) is 0 Å². The second kappa shape index (κ2) is 8.10. The van der Waals surface area contributed by atoms with Crippen molar-refractivity contribution in [1.29, 1.82) is 0 Å². The summed E-state index contributed by atoms with van der Waals surface area (Å²) in [5.74, 6) is 2.67. The number of nitrogens with zero attached hydrogens (tertiary/aromatic N) is 1. The number of nitrogens with two attached hydrogens (primary N) is 1. The minimum absolute atomic E-state index is 0.858. The maximum atomic E-state index is 5.64. The molecule has 0 amide bonds. The first-order chi connectivity index (χ1) is 8.17. The Morgan fingerprint density at radius 2 is 2.00 bits per heavy atom. The molecule has 1 fully saturated rings. The van der Waals surface area contributed by atoms with E-state index >= 15 is 0 Å². The van der Waals surface area contributed by atoms with Gasteiger partial charge in [-0.1, -0.05) is 27.2 Å². The molecule has 102 valence electrons. The van der Waals surface area contributed by atoms with Crippen LogP contribution < -0.4 is 5.73 Å². The number of piperidine rings is 1. The van der Waals surface area contributed by atoms with Crippen LogP contribution in [-0.4, -0.2) is 31.1 Å². The van der Waals surface area contributed by atoms with E-state index in [2.05, 4.69) is 25.7 Å². The molecule has 3 atom stereocenters. The van der Waals surface area contributed by atoms with E-state index in [0.717, 1.165) is 24.3 Å². The first-order valence-electron chi connectivity index (χ1n) is 7.59. The molecule has 0 spiro atoms. The number of hydrogen-bond donors (Lipinski definition) is 1. The van der Waals surface area contributed by atoms with Gasteiger partial charge in [-0.25, -0.2) is 0 Å². The van der Waals surface area contributed by atoms with Crippen molar-refractivity contribution in [2.45, 2.75) is 52.9 Å². The van der Waals surface area contributed by atoms with Crippen molar-refractivity contribution < 1.29 is 0 Å². The van der Waals surface area contributed by atoms with Crippen LogP contribution in [0.4, 0.5) is 0 Å². The molecule has 1 rings (SSSR count). The molecule has 1 aliphatic heterocycles. The molecule has 17 heavy (non-hydrogen) atoms. The molecule has 1 saturated heterocycles. The second-order valence-corrected chi connectivity index (χ2v) is 6.04. The average molecular weight is 240 g/mol. The molecule has 2 nitrogen and oxygen atoms in total. The largest absolute Gasteiger partial charge is 0.330 e. The van der Waals surface area contributed by atoms with Crippen LogP contribution in [0, 0.1) is 17.8 Å². The predicted molar refractivity (Wildman–Crippen MR) is 76.1 cm³/mol. The Bertz CT molecular complexity index is 193. The molecule has 0 aromatic carbocycles. The van der Waals surface area contributed by atoms with E-state index in [-0.39, 0.29) is 0 Å². The van der Waals surface area contributed by atoms with E-state index in [1.807, 2.05) is 0 Å². The van der Waals surface area contributed by atoms with Gasteiger partial charge in [0.15, 0.2) is 0 Å². The van der Waals surface area contributed by atoms with E-state index < -0.39 is 0 Å². The van der Waals surface area contributed by atoms with E-state index in [1.54, 1.807) is 0 Å². The molecular weight excluding hydrogens is 208 g/mol. The van der Waals surface area contributed by atoms with E-state index in [9.17, 15) is 0 Å². The highest BCUT2D eigenvalue weighted by atomic mass is 15.1. The fraction of sp³-hybridized carbons (Fsp3) is 1.00. The maximum absolute atomic E-state index is 5.64. The molecule has 2 heteroatoms. The lowest BCUT2D eigenvalue weighted by atomic mass is 9.88. The lowest BCUT2D eigenvalue weighted by molar-refractivity contribution is 0.134. The Hall–Kier alpha value is -0.0800. The topological polar surface area (TPSA) is 29.3 Å². The lowest BCUT2D eigenvalue weighted by Gasteiger charge is -2.35. The second-order valence-electron chi connectivity index (χ2n) is 6.04. The zero-order valence-electron chi connectivity index (χ0n) is 12.1. The maximum Gasteiger partial charge on any atom is 0.000957 e. The third-order valence-corrected chi connectivity index (χ3v) is 4.66. The minimum atomic E-state index is 0.858. The fourth-order valence-electron chi connectivity index (χ4n) is 2.94.